The summed E-state index contributed by atoms with van der Waals surface area (Å²) in [6, 6.07) is 16.4. The predicted octanol–water partition coefficient (Wildman–Crippen LogP) is 2.91. The molecule has 0 radical (unpaired) electrons. The van der Waals surface area contributed by atoms with Gasteiger partial charge in [-0.3, -0.25) is 0 Å². The Labute approximate surface area is 181 Å². The van der Waals surface area contributed by atoms with Crippen LogP contribution in [0, 0.1) is 0 Å². The molecule has 0 aliphatic carbocycles. The molecule has 2 aromatic heterocycles. The number of ether oxygens (including phenoxy) is 1. The molecular weight excluding hydrogens is 388 g/mol. The van der Waals surface area contributed by atoms with Crippen LogP contribution in [0.5, 0.6) is 11.6 Å². The lowest BCUT2D eigenvalue weighted by Crippen LogP contribution is -3.12. The molecule has 4 aromatic rings. The summed E-state index contributed by atoms with van der Waals surface area (Å²) in [6.07, 6.45) is 3.50. The van der Waals surface area contributed by atoms with Gasteiger partial charge >= 0.3 is 5.88 Å². The quantitative estimate of drug-likeness (QED) is 0.418. The minimum Gasteiger partial charge on any atom is -0.468 e. The van der Waals surface area contributed by atoms with Crippen LogP contribution in [0.2, 0.25) is 0 Å². The van der Waals surface area contributed by atoms with Crippen molar-refractivity contribution in [3.8, 4) is 11.6 Å². The highest BCUT2D eigenvalue weighted by Crippen LogP contribution is 2.50. The van der Waals surface area contributed by atoms with Gasteiger partial charge in [-0.15, -0.1) is 0 Å². The third kappa shape index (κ3) is 3.33. The topological polar surface area (TPSA) is 69.6 Å². The van der Waals surface area contributed by atoms with Crippen LogP contribution in [-0.2, 0) is 6.54 Å². The summed E-state index contributed by atoms with van der Waals surface area (Å²) in [5, 5.41) is 2.19. The zero-order valence-electron chi connectivity index (χ0n) is 18.0. The van der Waals surface area contributed by atoms with Crippen molar-refractivity contribution in [2.45, 2.75) is 26.3 Å². The van der Waals surface area contributed by atoms with Crippen LogP contribution in [0.1, 0.15) is 36.7 Å². The van der Waals surface area contributed by atoms with Crippen LogP contribution in [0.3, 0.4) is 0 Å². The third-order valence-electron chi connectivity index (χ3n) is 6.37. The largest absolute Gasteiger partial charge is 0.468 e. The van der Waals surface area contributed by atoms with Crippen LogP contribution < -0.4 is 19.9 Å². The van der Waals surface area contributed by atoms with Crippen molar-refractivity contribution in [3.05, 3.63) is 78.0 Å². The number of quaternary nitrogens is 1. The Kier molecular flexibility index (Phi) is 5.08. The number of hydrogen-bond donors (Lipinski definition) is 2. The van der Waals surface area contributed by atoms with E-state index in [9.17, 15) is 0 Å². The Hall–Kier alpha value is -3.38. The Morgan fingerprint density at radius 3 is 2.68 bits per heavy atom. The van der Waals surface area contributed by atoms with E-state index < -0.39 is 0 Å². The fourth-order valence-corrected chi connectivity index (χ4v) is 4.54. The molecule has 5 rings (SSSR count). The molecule has 1 atom stereocenters. The summed E-state index contributed by atoms with van der Waals surface area (Å²) >= 11 is 0. The number of rotatable bonds is 6. The molecule has 0 saturated heterocycles. The van der Waals surface area contributed by atoms with E-state index in [4.69, 9.17) is 14.9 Å². The van der Waals surface area contributed by atoms with Gasteiger partial charge in [0.1, 0.15) is 30.2 Å². The minimum atomic E-state index is -0.167. The zero-order valence-corrected chi connectivity index (χ0v) is 18.0. The summed E-state index contributed by atoms with van der Waals surface area (Å²) in [7, 11) is 0. The van der Waals surface area contributed by atoms with Crippen molar-refractivity contribution in [2.75, 3.05) is 25.4 Å². The molecule has 1 aliphatic rings. The van der Waals surface area contributed by atoms with Gasteiger partial charge in [0.2, 0.25) is 12.1 Å². The first kappa shape index (κ1) is 19.6. The van der Waals surface area contributed by atoms with Crippen molar-refractivity contribution in [1.29, 1.82) is 0 Å². The number of nitrogens with one attached hydrogen (secondary N) is 1. The second kappa shape index (κ2) is 8.04. The van der Waals surface area contributed by atoms with Crippen molar-refractivity contribution < 1.29 is 18.6 Å². The highest BCUT2D eigenvalue weighted by Gasteiger charge is 2.38. The second-order valence-corrected chi connectivity index (χ2v) is 8.00. The molecule has 1 aliphatic heterocycles. The van der Waals surface area contributed by atoms with Gasteiger partial charge in [0.25, 0.3) is 0 Å². The standard InChI is InChI=1S/C25H26N4O2/c1-3-28(4-2)13-14-29-16-27-25-22(24(29)26)21(20-10-7-15-30-20)19-12-11-17-8-5-6-9-18(17)23(19)31-25/h5-12,15-16,21,26H,3-4,13-14H2,1-2H3/p+2/t21-/m0/s1. The number of furan rings is 1. The van der Waals surface area contributed by atoms with E-state index in [1.54, 1.807) is 12.6 Å². The van der Waals surface area contributed by atoms with Crippen LogP contribution in [0.4, 0.5) is 5.82 Å². The van der Waals surface area contributed by atoms with E-state index in [2.05, 4.69) is 43.1 Å². The molecule has 0 unspecified atom stereocenters. The van der Waals surface area contributed by atoms with Crippen molar-refractivity contribution in [2.24, 2.45) is 0 Å². The number of nitrogens with two attached hydrogens (primary N) is 1. The zero-order chi connectivity index (χ0) is 21.4. The fourth-order valence-electron chi connectivity index (χ4n) is 4.54. The van der Waals surface area contributed by atoms with Gasteiger partial charge in [0.05, 0.1) is 25.3 Å². The molecule has 0 amide bonds. The van der Waals surface area contributed by atoms with Gasteiger partial charge in [-0.1, -0.05) is 41.4 Å². The number of aromatic nitrogens is 2. The number of fused-ring (bicyclic) bond motifs is 4. The number of nitrogens with zero attached hydrogens (tertiary/aromatic N) is 2. The third-order valence-corrected chi connectivity index (χ3v) is 6.37. The van der Waals surface area contributed by atoms with E-state index in [1.807, 2.05) is 28.8 Å². The molecular formula is C25H28N4O2+2. The van der Waals surface area contributed by atoms with Gasteiger partial charge in [0, 0.05) is 10.9 Å². The SMILES string of the molecule is CC[NH+](CC)CC[n+]1cnc2c(c1N)[C@H](c1ccco1)c1ccc3ccccc3c1O2. The van der Waals surface area contributed by atoms with Crippen LogP contribution >= 0.6 is 0 Å². The summed E-state index contributed by atoms with van der Waals surface area (Å²) in [5.41, 5.74) is 8.65. The lowest BCUT2D eigenvalue weighted by molar-refractivity contribution is -0.915. The number of nitrogen functional groups attached to an aromatic ring is 1. The first-order valence-electron chi connectivity index (χ1n) is 11.0. The average Bonchev–Trinajstić information content (AvgIpc) is 3.34. The molecule has 0 spiro atoms. The van der Waals surface area contributed by atoms with E-state index in [1.165, 1.54) is 4.90 Å². The van der Waals surface area contributed by atoms with Gasteiger partial charge in [-0.2, -0.15) is 0 Å². The van der Waals surface area contributed by atoms with Gasteiger partial charge < -0.3 is 19.8 Å². The van der Waals surface area contributed by atoms with Crippen molar-refractivity contribution in [1.82, 2.24) is 4.98 Å². The van der Waals surface area contributed by atoms with Crippen LogP contribution in [0.25, 0.3) is 10.8 Å². The van der Waals surface area contributed by atoms with Crippen LogP contribution in [-0.4, -0.2) is 24.6 Å². The lowest BCUT2D eigenvalue weighted by atomic mass is 9.86. The molecule has 0 bridgehead atoms. The number of likely N-dealkylation sites (N-methyl/N-ethyl adjacent to an activating group) is 1. The molecule has 0 saturated carbocycles. The molecule has 31 heavy (non-hydrogen) atoms. The summed E-state index contributed by atoms with van der Waals surface area (Å²) in [5.74, 6) is 2.72. The summed E-state index contributed by atoms with van der Waals surface area (Å²) in [4.78, 5) is 6.21. The van der Waals surface area contributed by atoms with Gasteiger partial charge in [0.15, 0.2) is 0 Å². The number of anilines is 1. The highest BCUT2D eigenvalue weighted by atomic mass is 16.5. The Balaban J connectivity index is 1.65. The molecule has 3 heterocycles. The number of benzene rings is 2. The second-order valence-electron chi connectivity index (χ2n) is 8.00. The van der Waals surface area contributed by atoms with E-state index in [-0.39, 0.29) is 5.92 Å². The van der Waals surface area contributed by atoms with E-state index >= 15 is 0 Å². The minimum absolute atomic E-state index is 0.167. The van der Waals surface area contributed by atoms with Crippen molar-refractivity contribution >= 4 is 16.6 Å². The summed E-state index contributed by atoms with van der Waals surface area (Å²) in [6.45, 7) is 8.40. The molecule has 158 valence electrons. The summed E-state index contributed by atoms with van der Waals surface area (Å²) < 4.78 is 14.3. The molecule has 3 N–H and O–H groups in total. The normalized spacial score (nSPS) is 15.0. The highest BCUT2D eigenvalue weighted by molar-refractivity contribution is 5.91. The maximum Gasteiger partial charge on any atom is 0.306 e. The Morgan fingerprint density at radius 2 is 1.90 bits per heavy atom. The molecule has 6 nitrogen and oxygen atoms in total. The smallest absolute Gasteiger partial charge is 0.306 e. The van der Waals surface area contributed by atoms with Crippen molar-refractivity contribution in [3.63, 3.8) is 0 Å². The lowest BCUT2D eigenvalue weighted by Gasteiger charge is -2.26. The first-order chi connectivity index (χ1) is 15.2. The maximum absolute atomic E-state index is 6.73. The van der Waals surface area contributed by atoms with Gasteiger partial charge in [-0.25, -0.2) is 4.57 Å². The number of hydrogen-bond acceptors (Lipinski definition) is 4. The Morgan fingerprint density at radius 1 is 1.06 bits per heavy atom. The van der Waals surface area contributed by atoms with Gasteiger partial charge in [-0.05, 0) is 31.4 Å². The maximum atomic E-state index is 6.73. The van der Waals surface area contributed by atoms with E-state index in [0.717, 1.165) is 59.6 Å². The first-order valence-corrected chi connectivity index (χ1v) is 11.0. The molecule has 2 aromatic carbocycles. The Bertz CT molecular complexity index is 1220. The predicted molar refractivity (Wildman–Crippen MR) is 119 cm³/mol. The average molecular weight is 417 g/mol. The van der Waals surface area contributed by atoms with E-state index in [0.29, 0.717) is 11.7 Å². The fraction of sp³-hybridized carbons (Fsp3) is 0.280. The molecule has 6 heteroatoms. The monoisotopic (exact) mass is 416 g/mol. The van der Waals surface area contributed by atoms with Crippen LogP contribution in [0.15, 0.2) is 65.5 Å². The molecule has 0 fully saturated rings.